The summed E-state index contributed by atoms with van der Waals surface area (Å²) in [7, 11) is -3.30. The van der Waals surface area contributed by atoms with Gasteiger partial charge in [0.05, 0.1) is 19.8 Å². The van der Waals surface area contributed by atoms with Gasteiger partial charge in [0.2, 0.25) is 0 Å². The first kappa shape index (κ1) is 41.7. The normalized spacial score (nSPS) is 23.9. The van der Waals surface area contributed by atoms with Gasteiger partial charge in [-0.25, -0.2) is 27.9 Å². The quantitative estimate of drug-likeness (QED) is 0.120. The van der Waals surface area contributed by atoms with Crippen molar-refractivity contribution in [1.82, 2.24) is 19.5 Å². The average molecular weight is 771 g/mol. The van der Waals surface area contributed by atoms with Gasteiger partial charge in [-0.15, -0.1) is 0 Å². The average Bonchev–Trinajstić information content (AvgIpc) is 3.71. The number of rotatable bonds is 17. The topological polar surface area (TPSA) is 212 Å². The molecule has 19 heteroatoms. The molecule has 2 aromatic rings. The fraction of sp³-hybridized carbons (Fsp3) is 0.618. The van der Waals surface area contributed by atoms with Crippen molar-refractivity contribution in [3.05, 3.63) is 63.4 Å². The number of nitrogens with one attached hydrogen (secondary N) is 2. The third kappa shape index (κ3) is 11.0. The van der Waals surface area contributed by atoms with Crippen molar-refractivity contribution in [2.45, 2.75) is 115 Å². The fourth-order valence-electron chi connectivity index (χ4n) is 6.07. The largest absolute Gasteiger partial charge is 0.462 e. The molecule has 1 amide bonds. The molecular weight excluding hydrogens is 722 g/mol. The maximum absolute atomic E-state index is 16.2. The molecule has 0 radical (unpaired) electrons. The molecule has 0 bridgehead atoms. The third-order valence-corrected chi connectivity index (χ3v) is 10.6. The number of hydrogen-bond acceptors (Lipinski definition) is 13. The smallest absolute Gasteiger partial charge is 0.459 e. The number of aliphatic hydroxyl groups is 1. The predicted molar refractivity (Wildman–Crippen MR) is 185 cm³/mol. The molecule has 2 fully saturated rings. The monoisotopic (exact) mass is 770 g/mol. The highest BCUT2D eigenvalue weighted by Crippen LogP contribution is 2.47. The highest BCUT2D eigenvalue weighted by atomic mass is 31.2. The number of amides is 1. The molecule has 7 atom stereocenters. The fourth-order valence-corrected chi connectivity index (χ4v) is 7.57. The number of para-hydroxylation sites is 1. The minimum absolute atomic E-state index is 0.101. The van der Waals surface area contributed by atoms with E-state index in [1.807, 2.05) is 0 Å². The number of ether oxygens (including phenoxy) is 4. The van der Waals surface area contributed by atoms with Gasteiger partial charge in [-0.3, -0.25) is 18.7 Å². The number of benzene rings is 1. The summed E-state index contributed by atoms with van der Waals surface area (Å²) >= 11 is 0. The summed E-state index contributed by atoms with van der Waals surface area (Å²) in [6.07, 6.45) is -0.687. The molecule has 4 rings (SSSR count). The SMILES string of the molecule is COC(=O)N[C@@H](CCC1CCCC1)C(=O)OCn1c(=O)ccn([C@@H]2O[C@H](COP(=O)(N[C@@H](C)C(=O)OC(C)C)Oc3ccccc3)[C@@H](O)[C@@]2(C)F)c1=O. The molecule has 1 aliphatic heterocycles. The standard InChI is InChI=1S/C34H48FN4O13P/c1-21(2)50-29(42)22(3)37-53(46,52-24-13-7-6-8-14-24)49-19-26-28(41)34(4,35)31(51-26)38-18-17-27(40)39(33(38)45)20-48-30(43)25(36-32(44)47-5)16-15-23-11-9-10-12-23/h6-8,13-14,17-18,21-23,25-26,28,31,41H,9-12,15-16,19-20H2,1-5H3,(H,36,44)(H,37,46)/t22-,25-,26+,28+,31+,34+,53?/m0/s1. The lowest BCUT2D eigenvalue weighted by atomic mass is 9.98. The van der Waals surface area contributed by atoms with Crippen molar-refractivity contribution >= 4 is 25.8 Å². The summed E-state index contributed by atoms with van der Waals surface area (Å²) in [6.45, 7) is 3.96. The van der Waals surface area contributed by atoms with Crippen LogP contribution in [0.1, 0.15) is 72.4 Å². The number of halogens is 1. The van der Waals surface area contributed by atoms with Crippen LogP contribution in [0.15, 0.2) is 52.2 Å². The summed E-state index contributed by atoms with van der Waals surface area (Å²) in [5, 5.41) is 15.9. The second-order valence-corrected chi connectivity index (χ2v) is 15.1. The van der Waals surface area contributed by atoms with Crippen LogP contribution in [0.2, 0.25) is 0 Å². The van der Waals surface area contributed by atoms with Crippen molar-refractivity contribution in [1.29, 1.82) is 0 Å². The number of hydrogen-bond donors (Lipinski definition) is 3. The van der Waals surface area contributed by atoms with Gasteiger partial charge in [-0.1, -0.05) is 43.9 Å². The molecule has 2 aliphatic rings. The molecule has 1 aliphatic carbocycles. The Morgan fingerprint density at radius 1 is 1.09 bits per heavy atom. The summed E-state index contributed by atoms with van der Waals surface area (Å²) < 4.78 is 63.3. The highest BCUT2D eigenvalue weighted by molar-refractivity contribution is 7.52. The van der Waals surface area contributed by atoms with Crippen LogP contribution in [0, 0.1) is 5.92 Å². The number of methoxy groups -OCH3 is 1. The molecule has 2 heterocycles. The van der Waals surface area contributed by atoms with Crippen molar-refractivity contribution in [3.63, 3.8) is 0 Å². The molecule has 1 unspecified atom stereocenters. The van der Waals surface area contributed by atoms with E-state index in [0.29, 0.717) is 21.5 Å². The van der Waals surface area contributed by atoms with Crippen molar-refractivity contribution in [2.24, 2.45) is 5.92 Å². The number of esters is 2. The highest BCUT2D eigenvalue weighted by Gasteiger charge is 2.56. The van der Waals surface area contributed by atoms with Crippen molar-refractivity contribution in [3.8, 4) is 5.75 Å². The van der Waals surface area contributed by atoms with Gasteiger partial charge in [0, 0.05) is 12.3 Å². The lowest BCUT2D eigenvalue weighted by Crippen LogP contribution is -2.47. The molecule has 17 nitrogen and oxygen atoms in total. The number of alkyl halides is 1. The minimum atomic E-state index is -4.44. The van der Waals surface area contributed by atoms with Crippen LogP contribution >= 0.6 is 7.75 Å². The van der Waals surface area contributed by atoms with E-state index in [-0.39, 0.29) is 12.2 Å². The summed E-state index contributed by atoms with van der Waals surface area (Å²) in [5.74, 6) is -1.19. The van der Waals surface area contributed by atoms with Crippen LogP contribution in [0.5, 0.6) is 5.75 Å². The van der Waals surface area contributed by atoms with Crippen LogP contribution in [-0.4, -0.2) is 82.1 Å². The summed E-state index contributed by atoms with van der Waals surface area (Å²) in [5.41, 5.74) is -4.72. The van der Waals surface area contributed by atoms with Crippen LogP contribution in [0.25, 0.3) is 0 Å². The first-order chi connectivity index (χ1) is 25.0. The number of aliphatic hydroxyl groups excluding tert-OH is 1. The molecule has 1 aromatic heterocycles. The molecule has 1 aromatic carbocycles. The zero-order valence-electron chi connectivity index (χ0n) is 30.3. The predicted octanol–water partition coefficient (Wildman–Crippen LogP) is 3.33. The Hall–Kier alpha value is -4.09. The second kappa shape index (κ2) is 18.3. The maximum atomic E-state index is 16.2. The Morgan fingerprint density at radius 2 is 1.77 bits per heavy atom. The molecular formula is C34H48FN4O13P. The van der Waals surface area contributed by atoms with E-state index < -0.39 is 92.7 Å². The van der Waals surface area contributed by atoms with Gasteiger partial charge >= 0.3 is 31.5 Å². The zero-order valence-corrected chi connectivity index (χ0v) is 31.2. The van der Waals surface area contributed by atoms with Gasteiger partial charge in [-0.05, 0) is 58.6 Å². The Bertz CT molecular complexity index is 1730. The van der Waals surface area contributed by atoms with E-state index in [0.717, 1.165) is 52.0 Å². The summed E-state index contributed by atoms with van der Waals surface area (Å²) in [6, 6.07) is 6.47. The first-order valence-corrected chi connectivity index (χ1v) is 18.9. The van der Waals surface area contributed by atoms with Crippen molar-refractivity contribution in [2.75, 3.05) is 13.7 Å². The van der Waals surface area contributed by atoms with E-state index in [2.05, 4.69) is 15.1 Å². The molecule has 1 saturated carbocycles. The molecule has 53 heavy (non-hydrogen) atoms. The summed E-state index contributed by atoms with van der Waals surface area (Å²) in [4.78, 5) is 63.7. The van der Waals surface area contributed by atoms with Crippen LogP contribution < -0.4 is 26.2 Å². The van der Waals surface area contributed by atoms with E-state index >= 15 is 4.39 Å². The first-order valence-electron chi connectivity index (χ1n) is 17.4. The second-order valence-electron chi connectivity index (χ2n) is 13.4. The van der Waals surface area contributed by atoms with Crippen LogP contribution in [0.4, 0.5) is 9.18 Å². The van der Waals surface area contributed by atoms with E-state index in [9.17, 15) is 33.6 Å². The lowest BCUT2D eigenvalue weighted by Gasteiger charge is -2.26. The Morgan fingerprint density at radius 3 is 2.42 bits per heavy atom. The van der Waals surface area contributed by atoms with E-state index in [1.54, 1.807) is 32.0 Å². The van der Waals surface area contributed by atoms with Crippen LogP contribution in [-0.2, 0) is 44.4 Å². The Labute approximate surface area is 305 Å². The number of aromatic nitrogens is 2. The number of alkyl carbamates (subject to hydrolysis) is 1. The van der Waals surface area contributed by atoms with Gasteiger partial charge in [0.25, 0.3) is 5.56 Å². The van der Waals surface area contributed by atoms with E-state index in [4.69, 9.17) is 23.3 Å². The molecule has 1 saturated heterocycles. The van der Waals surface area contributed by atoms with Gasteiger partial charge in [-0.2, -0.15) is 5.09 Å². The van der Waals surface area contributed by atoms with Crippen LogP contribution in [0.3, 0.4) is 0 Å². The van der Waals surface area contributed by atoms with Gasteiger partial charge in [0.1, 0.15) is 30.0 Å². The maximum Gasteiger partial charge on any atom is 0.459 e. The lowest BCUT2D eigenvalue weighted by molar-refractivity contribution is -0.151. The molecule has 0 spiro atoms. The van der Waals surface area contributed by atoms with E-state index in [1.165, 1.54) is 19.1 Å². The van der Waals surface area contributed by atoms with Gasteiger partial charge in [0.15, 0.2) is 18.6 Å². The number of carbonyl (C=O) groups excluding carboxylic acids is 3. The minimum Gasteiger partial charge on any atom is -0.462 e. The Balaban J connectivity index is 1.49. The third-order valence-electron chi connectivity index (χ3n) is 8.94. The Kier molecular flexibility index (Phi) is 14.4. The molecule has 294 valence electrons. The molecule has 3 N–H and O–H groups in total. The number of nitrogens with zero attached hydrogens (tertiary/aromatic N) is 2. The van der Waals surface area contributed by atoms with Crippen molar-refractivity contribution < 1.29 is 56.4 Å². The number of carbonyl (C=O) groups is 3. The zero-order chi connectivity index (χ0) is 38.9. The van der Waals surface area contributed by atoms with Gasteiger partial charge < -0.3 is 33.9 Å².